The number of anilines is 1. The SMILES string of the molecule is Cc1cc(C)cc(NC(=O)CCO)c1. The summed E-state index contributed by atoms with van der Waals surface area (Å²) < 4.78 is 0. The average molecular weight is 193 g/mol. The fourth-order valence-corrected chi connectivity index (χ4v) is 1.37. The predicted molar refractivity (Wildman–Crippen MR) is 56.2 cm³/mol. The van der Waals surface area contributed by atoms with Gasteiger partial charge in [0.15, 0.2) is 0 Å². The first-order valence-corrected chi connectivity index (χ1v) is 4.61. The fourth-order valence-electron chi connectivity index (χ4n) is 1.37. The van der Waals surface area contributed by atoms with Crippen molar-refractivity contribution in [1.29, 1.82) is 0 Å². The molecule has 76 valence electrons. The zero-order chi connectivity index (χ0) is 10.6. The average Bonchev–Trinajstić information content (AvgIpc) is 2.01. The molecule has 0 heterocycles. The number of aliphatic hydroxyl groups excluding tert-OH is 1. The number of amides is 1. The smallest absolute Gasteiger partial charge is 0.226 e. The van der Waals surface area contributed by atoms with Crippen LogP contribution < -0.4 is 5.32 Å². The number of benzene rings is 1. The molecule has 1 amide bonds. The van der Waals surface area contributed by atoms with Crippen molar-refractivity contribution in [1.82, 2.24) is 0 Å². The second kappa shape index (κ2) is 4.77. The third kappa shape index (κ3) is 3.18. The Kier molecular flexibility index (Phi) is 3.65. The highest BCUT2D eigenvalue weighted by Crippen LogP contribution is 2.13. The van der Waals surface area contributed by atoms with E-state index in [1.54, 1.807) is 0 Å². The van der Waals surface area contributed by atoms with E-state index < -0.39 is 0 Å². The van der Waals surface area contributed by atoms with Crippen LogP contribution in [-0.4, -0.2) is 17.6 Å². The monoisotopic (exact) mass is 193 g/mol. The maximum atomic E-state index is 11.2. The van der Waals surface area contributed by atoms with Gasteiger partial charge >= 0.3 is 0 Å². The lowest BCUT2D eigenvalue weighted by Gasteiger charge is -2.06. The maximum Gasteiger partial charge on any atom is 0.226 e. The topological polar surface area (TPSA) is 49.3 Å². The number of hydrogen-bond acceptors (Lipinski definition) is 2. The first kappa shape index (κ1) is 10.7. The number of rotatable bonds is 3. The van der Waals surface area contributed by atoms with Gasteiger partial charge in [-0.05, 0) is 37.1 Å². The van der Waals surface area contributed by atoms with Crippen molar-refractivity contribution in [3.8, 4) is 0 Å². The van der Waals surface area contributed by atoms with Crippen LogP contribution in [0.3, 0.4) is 0 Å². The zero-order valence-electron chi connectivity index (χ0n) is 8.50. The highest BCUT2D eigenvalue weighted by Gasteiger charge is 2.01. The lowest BCUT2D eigenvalue weighted by atomic mass is 10.1. The summed E-state index contributed by atoms with van der Waals surface area (Å²) >= 11 is 0. The van der Waals surface area contributed by atoms with Crippen molar-refractivity contribution in [2.75, 3.05) is 11.9 Å². The van der Waals surface area contributed by atoms with Crippen molar-refractivity contribution in [2.24, 2.45) is 0 Å². The molecule has 0 aliphatic heterocycles. The highest BCUT2D eigenvalue weighted by atomic mass is 16.3. The molecule has 3 nitrogen and oxygen atoms in total. The van der Waals surface area contributed by atoms with Gasteiger partial charge in [-0.2, -0.15) is 0 Å². The van der Waals surface area contributed by atoms with Gasteiger partial charge in [0, 0.05) is 5.69 Å². The Morgan fingerprint density at radius 2 is 1.86 bits per heavy atom. The molecule has 0 radical (unpaired) electrons. The van der Waals surface area contributed by atoms with E-state index in [9.17, 15) is 4.79 Å². The van der Waals surface area contributed by atoms with Gasteiger partial charge in [-0.15, -0.1) is 0 Å². The third-order valence-electron chi connectivity index (χ3n) is 1.84. The maximum absolute atomic E-state index is 11.2. The molecule has 0 bridgehead atoms. The van der Waals surface area contributed by atoms with Crippen molar-refractivity contribution < 1.29 is 9.90 Å². The molecule has 0 fully saturated rings. The molecule has 0 unspecified atom stereocenters. The largest absolute Gasteiger partial charge is 0.396 e. The van der Waals surface area contributed by atoms with Gasteiger partial charge in [-0.3, -0.25) is 4.79 Å². The van der Waals surface area contributed by atoms with E-state index in [1.807, 2.05) is 32.0 Å². The van der Waals surface area contributed by atoms with Crippen LogP contribution in [-0.2, 0) is 4.79 Å². The molecule has 1 aromatic rings. The Morgan fingerprint density at radius 3 is 2.36 bits per heavy atom. The summed E-state index contributed by atoms with van der Waals surface area (Å²) in [5.41, 5.74) is 3.02. The van der Waals surface area contributed by atoms with Crippen molar-refractivity contribution in [3.05, 3.63) is 29.3 Å². The van der Waals surface area contributed by atoms with Crippen LogP contribution >= 0.6 is 0 Å². The number of carbonyl (C=O) groups is 1. The van der Waals surface area contributed by atoms with Crippen LogP contribution in [0.25, 0.3) is 0 Å². The Bertz CT molecular complexity index is 314. The molecular weight excluding hydrogens is 178 g/mol. The minimum Gasteiger partial charge on any atom is -0.396 e. The molecule has 0 aromatic heterocycles. The van der Waals surface area contributed by atoms with Crippen LogP contribution in [0.5, 0.6) is 0 Å². The van der Waals surface area contributed by atoms with Crippen LogP contribution in [0, 0.1) is 13.8 Å². The van der Waals surface area contributed by atoms with Crippen LogP contribution in [0.1, 0.15) is 17.5 Å². The Balaban J connectivity index is 2.71. The fraction of sp³-hybridized carbons (Fsp3) is 0.364. The lowest BCUT2D eigenvalue weighted by Crippen LogP contribution is -2.12. The Labute approximate surface area is 83.8 Å². The molecule has 0 spiro atoms. The van der Waals surface area contributed by atoms with E-state index in [0.717, 1.165) is 16.8 Å². The number of aliphatic hydroxyl groups is 1. The number of nitrogens with one attached hydrogen (secondary N) is 1. The van der Waals surface area contributed by atoms with Crippen molar-refractivity contribution >= 4 is 11.6 Å². The van der Waals surface area contributed by atoms with E-state index in [2.05, 4.69) is 5.32 Å². The first-order chi connectivity index (χ1) is 6.61. The second-order valence-electron chi connectivity index (χ2n) is 3.40. The summed E-state index contributed by atoms with van der Waals surface area (Å²) in [5.74, 6) is -0.155. The number of carbonyl (C=O) groups excluding carboxylic acids is 1. The van der Waals surface area contributed by atoms with Crippen molar-refractivity contribution in [3.63, 3.8) is 0 Å². The summed E-state index contributed by atoms with van der Waals surface area (Å²) in [6, 6.07) is 5.85. The molecule has 1 rings (SSSR count). The quantitative estimate of drug-likeness (QED) is 0.766. The summed E-state index contributed by atoms with van der Waals surface area (Å²) in [5, 5.41) is 11.3. The predicted octanol–water partition coefficient (Wildman–Crippen LogP) is 1.62. The molecule has 3 heteroatoms. The first-order valence-electron chi connectivity index (χ1n) is 4.61. The van der Waals surface area contributed by atoms with Crippen LogP contribution in [0.4, 0.5) is 5.69 Å². The molecule has 2 N–H and O–H groups in total. The van der Waals surface area contributed by atoms with Gasteiger partial charge in [0.1, 0.15) is 0 Å². The molecule has 1 aromatic carbocycles. The van der Waals surface area contributed by atoms with E-state index in [4.69, 9.17) is 5.11 Å². The van der Waals surface area contributed by atoms with Gasteiger partial charge in [-0.25, -0.2) is 0 Å². The standard InChI is InChI=1S/C11H15NO2/c1-8-5-9(2)7-10(6-8)12-11(14)3-4-13/h5-7,13H,3-4H2,1-2H3,(H,12,14). The minimum absolute atomic E-state index is 0.114. The second-order valence-corrected chi connectivity index (χ2v) is 3.40. The van der Waals surface area contributed by atoms with E-state index in [0.29, 0.717) is 0 Å². The minimum atomic E-state index is -0.155. The molecule has 0 aliphatic rings. The van der Waals surface area contributed by atoms with Crippen molar-refractivity contribution in [2.45, 2.75) is 20.3 Å². The highest BCUT2D eigenvalue weighted by molar-refractivity contribution is 5.90. The van der Waals surface area contributed by atoms with E-state index >= 15 is 0 Å². The molecule has 0 saturated carbocycles. The summed E-state index contributed by atoms with van der Waals surface area (Å²) in [6.45, 7) is 3.85. The van der Waals surface area contributed by atoms with Gasteiger partial charge < -0.3 is 10.4 Å². The van der Waals surface area contributed by atoms with Gasteiger partial charge in [0.25, 0.3) is 0 Å². The molecule has 14 heavy (non-hydrogen) atoms. The van der Waals surface area contributed by atoms with Gasteiger partial charge in [0.2, 0.25) is 5.91 Å². The number of aryl methyl sites for hydroxylation is 2. The zero-order valence-corrected chi connectivity index (χ0v) is 8.50. The van der Waals surface area contributed by atoms with Crippen LogP contribution in [0.2, 0.25) is 0 Å². The molecule has 0 saturated heterocycles. The molecule has 0 atom stereocenters. The van der Waals surface area contributed by atoms with E-state index in [1.165, 1.54) is 0 Å². The molecular formula is C11H15NO2. The Morgan fingerprint density at radius 1 is 1.29 bits per heavy atom. The summed E-state index contributed by atoms with van der Waals surface area (Å²) in [6.07, 6.45) is 0.146. The normalized spacial score (nSPS) is 9.93. The van der Waals surface area contributed by atoms with Gasteiger partial charge in [0.05, 0.1) is 13.0 Å². The lowest BCUT2D eigenvalue weighted by molar-refractivity contribution is -0.116. The number of hydrogen-bond donors (Lipinski definition) is 2. The summed E-state index contributed by atoms with van der Waals surface area (Å²) in [4.78, 5) is 11.2. The van der Waals surface area contributed by atoms with E-state index in [-0.39, 0.29) is 18.9 Å². The third-order valence-corrected chi connectivity index (χ3v) is 1.84. The van der Waals surface area contributed by atoms with Gasteiger partial charge in [-0.1, -0.05) is 6.07 Å². The van der Waals surface area contributed by atoms with Crippen LogP contribution in [0.15, 0.2) is 18.2 Å². The Hall–Kier alpha value is -1.35. The summed E-state index contributed by atoms with van der Waals surface area (Å²) in [7, 11) is 0. The molecule has 0 aliphatic carbocycles.